The Balaban J connectivity index is 1.92. The third kappa shape index (κ3) is 4.55. The summed E-state index contributed by atoms with van der Waals surface area (Å²) in [5, 5.41) is 13.7. The molecule has 1 aliphatic rings. The van der Waals surface area contributed by atoms with Gasteiger partial charge in [0.1, 0.15) is 0 Å². The first-order valence-electron chi connectivity index (χ1n) is 7.70. The highest BCUT2D eigenvalue weighted by atomic mass is 16.5. The summed E-state index contributed by atoms with van der Waals surface area (Å²) in [5.41, 5.74) is 0.322. The third-order valence-electron chi connectivity index (χ3n) is 4.27. The van der Waals surface area contributed by atoms with Gasteiger partial charge < -0.3 is 15.2 Å². The Morgan fingerprint density at radius 2 is 1.95 bits per heavy atom. The van der Waals surface area contributed by atoms with Crippen LogP contribution >= 0.6 is 0 Å². The topological polar surface area (TPSA) is 58.6 Å². The van der Waals surface area contributed by atoms with Crippen LogP contribution in [0.15, 0.2) is 30.3 Å². The van der Waals surface area contributed by atoms with E-state index >= 15 is 0 Å². The summed E-state index contributed by atoms with van der Waals surface area (Å²) < 4.78 is 4.89. The van der Waals surface area contributed by atoms with Crippen molar-refractivity contribution in [2.24, 2.45) is 0 Å². The van der Waals surface area contributed by atoms with Crippen molar-refractivity contribution < 1.29 is 14.6 Å². The molecule has 1 aliphatic carbocycles. The molecule has 2 N–H and O–H groups in total. The van der Waals surface area contributed by atoms with Crippen molar-refractivity contribution in [3.63, 3.8) is 0 Å². The molecular weight excluding hydrogens is 266 g/mol. The fraction of sp³-hybridized carbons (Fsp3) is 0.588. The summed E-state index contributed by atoms with van der Waals surface area (Å²) in [7, 11) is 1.41. The Bertz CT molecular complexity index is 441. The van der Waals surface area contributed by atoms with E-state index in [1.165, 1.54) is 13.5 Å². The molecule has 1 aromatic carbocycles. The van der Waals surface area contributed by atoms with E-state index in [2.05, 4.69) is 5.32 Å². The SMILES string of the molecule is COC(=O)C(CNCC1(O)CCCCC1)c1ccccc1. The van der Waals surface area contributed by atoms with E-state index in [1.54, 1.807) is 0 Å². The van der Waals surface area contributed by atoms with Gasteiger partial charge in [0, 0.05) is 13.1 Å². The van der Waals surface area contributed by atoms with Crippen LogP contribution in [0.5, 0.6) is 0 Å². The average molecular weight is 291 g/mol. The summed E-state index contributed by atoms with van der Waals surface area (Å²) >= 11 is 0. The second-order valence-corrected chi connectivity index (χ2v) is 5.90. The van der Waals surface area contributed by atoms with Crippen molar-refractivity contribution >= 4 is 5.97 Å². The Kier molecular flexibility index (Phi) is 5.76. The first-order valence-corrected chi connectivity index (χ1v) is 7.70. The number of benzene rings is 1. The number of carbonyl (C=O) groups is 1. The quantitative estimate of drug-likeness (QED) is 0.789. The summed E-state index contributed by atoms with van der Waals surface area (Å²) in [6.45, 7) is 1.02. The van der Waals surface area contributed by atoms with Crippen LogP contribution in [0, 0.1) is 0 Å². The Morgan fingerprint density at radius 3 is 2.57 bits per heavy atom. The van der Waals surface area contributed by atoms with E-state index in [0.717, 1.165) is 31.2 Å². The maximum absolute atomic E-state index is 11.9. The Morgan fingerprint density at radius 1 is 1.29 bits per heavy atom. The lowest BCUT2D eigenvalue weighted by Crippen LogP contribution is -2.43. The molecule has 0 aliphatic heterocycles. The molecule has 1 atom stereocenters. The molecule has 0 amide bonds. The van der Waals surface area contributed by atoms with E-state index in [0.29, 0.717) is 13.1 Å². The lowest BCUT2D eigenvalue weighted by atomic mass is 9.85. The molecule has 0 bridgehead atoms. The number of hydrogen-bond donors (Lipinski definition) is 2. The van der Waals surface area contributed by atoms with Crippen molar-refractivity contribution in [2.75, 3.05) is 20.2 Å². The summed E-state index contributed by atoms with van der Waals surface area (Å²) in [6, 6.07) is 9.62. The van der Waals surface area contributed by atoms with E-state index in [1.807, 2.05) is 30.3 Å². The maximum Gasteiger partial charge on any atom is 0.314 e. The van der Waals surface area contributed by atoms with E-state index < -0.39 is 5.60 Å². The standard InChI is InChI=1S/C17H25NO3/c1-21-16(19)15(14-8-4-2-5-9-14)12-18-13-17(20)10-6-3-7-11-17/h2,4-5,8-9,15,18,20H,3,6-7,10-13H2,1H3. The van der Waals surface area contributed by atoms with E-state index in [9.17, 15) is 9.90 Å². The van der Waals surface area contributed by atoms with Gasteiger partial charge in [-0.2, -0.15) is 0 Å². The first kappa shape index (κ1) is 16.0. The van der Waals surface area contributed by atoms with Crippen LogP contribution in [0.25, 0.3) is 0 Å². The predicted molar refractivity (Wildman–Crippen MR) is 82.1 cm³/mol. The van der Waals surface area contributed by atoms with E-state index in [4.69, 9.17) is 4.74 Å². The van der Waals surface area contributed by atoms with Crippen LogP contribution in [0.3, 0.4) is 0 Å². The van der Waals surface area contributed by atoms with Crippen molar-refractivity contribution in [1.29, 1.82) is 0 Å². The highest BCUT2D eigenvalue weighted by Gasteiger charge is 2.29. The van der Waals surface area contributed by atoms with Gasteiger partial charge in [-0.1, -0.05) is 49.6 Å². The number of methoxy groups -OCH3 is 1. The highest BCUT2D eigenvalue weighted by molar-refractivity contribution is 5.78. The molecule has 0 radical (unpaired) electrons. The van der Waals surface area contributed by atoms with Crippen LogP contribution in [0.2, 0.25) is 0 Å². The number of rotatable bonds is 6. The van der Waals surface area contributed by atoms with Gasteiger partial charge in [-0.25, -0.2) is 0 Å². The number of esters is 1. The number of carbonyl (C=O) groups excluding carboxylic acids is 1. The molecule has 0 saturated heterocycles. The summed E-state index contributed by atoms with van der Waals surface area (Å²) in [4.78, 5) is 11.9. The van der Waals surface area contributed by atoms with Gasteiger partial charge >= 0.3 is 5.97 Å². The van der Waals surface area contributed by atoms with Crippen molar-refractivity contribution in [1.82, 2.24) is 5.32 Å². The van der Waals surface area contributed by atoms with Crippen LogP contribution < -0.4 is 5.32 Å². The smallest absolute Gasteiger partial charge is 0.314 e. The van der Waals surface area contributed by atoms with Crippen molar-refractivity contribution in [2.45, 2.75) is 43.6 Å². The molecule has 2 rings (SSSR count). The molecule has 0 aromatic heterocycles. The molecule has 0 spiro atoms. The fourth-order valence-corrected chi connectivity index (χ4v) is 3.00. The molecule has 1 aromatic rings. The van der Waals surface area contributed by atoms with Crippen LogP contribution in [-0.2, 0) is 9.53 Å². The minimum Gasteiger partial charge on any atom is -0.469 e. The van der Waals surface area contributed by atoms with Crippen LogP contribution in [0.1, 0.15) is 43.6 Å². The van der Waals surface area contributed by atoms with Crippen molar-refractivity contribution in [3.8, 4) is 0 Å². The molecule has 4 nitrogen and oxygen atoms in total. The maximum atomic E-state index is 11.9. The molecule has 4 heteroatoms. The summed E-state index contributed by atoms with van der Waals surface area (Å²) in [5.74, 6) is -0.576. The lowest BCUT2D eigenvalue weighted by molar-refractivity contribution is -0.142. The predicted octanol–water partition coefficient (Wildman–Crippen LogP) is 2.23. The minimum absolute atomic E-state index is 0.246. The van der Waals surface area contributed by atoms with Gasteiger partial charge in [0.05, 0.1) is 18.6 Å². The molecule has 1 saturated carbocycles. The third-order valence-corrected chi connectivity index (χ3v) is 4.27. The Hall–Kier alpha value is -1.39. The second kappa shape index (κ2) is 7.57. The molecule has 1 fully saturated rings. The number of nitrogens with one attached hydrogen (secondary N) is 1. The molecule has 21 heavy (non-hydrogen) atoms. The van der Waals surface area contributed by atoms with Crippen LogP contribution in [-0.4, -0.2) is 36.9 Å². The molecule has 1 unspecified atom stereocenters. The van der Waals surface area contributed by atoms with Gasteiger partial charge in [-0.3, -0.25) is 4.79 Å². The Labute approximate surface area is 126 Å². The van der Waals surface area contributed by atoms with E-state index in [-0.39, 0.29) is 11.9 Å². The van der Waals surface area contributed by atoms with Gasteiger partial charge in [0.15, 0.2) is 0 Å². The van der Waals surface area contributed by atoms with Gasteiger partial charge in [-0.15, -0.1) is 0 Å². The zero-order valence-corrected chi connectivity index (χ0v) is 12.7. The lowest BCUT2D eigenvalue weighted by Gasteiger charge is -2.32. The molecular formula is C17H25NO3. The van der Waals surface area contributed by atoms with Crippen LogP contribution in [0.4, 0.5) is 0 Å². The summed E-state index contributed by atoms with van der Waals surface area (Å²) in [6.07, 6.45) is 5.05. The average Bonchev–Trinajstić information content (AvgIpc) is 2.52. The van der Waals surface area contributed by atoms with Crippen molar-refractivity contribution in [3.05, 3.63) is 35.9 Å². The van der Waals surface area contributed by atoms with Gasteiger partial charge in [-0.05, 0) is 18.4 Å². The molecule has 0 heterocycles. The number of ether oxygens (including phenoxy) is 1. The minimum atomic E-state index is -0.615. The number of aliphatic hydroxyl groups is 1. The van der Waals surface area contributed by atoms with Gasteiger partial charge in [0.2, 0.25) is 0 Å². The zero-order chi connectivity index (χ0) is 15.1. The largest absolute Gasteiger partial charge is 0.469 e. The molecule has 116 valence electrons. The number of hydrogen-bond acceptors (Lipinski definition) is 4. The zero-order valence-electron chi connectivity index (χ0n) is 12.7. The first-order chi connectivity index (χ1) is 10.1. The second-order valence-electron chi connectivity index (χ2n) is 5.90. The monoisotopic (exact) mass is 291 g/mol. The fourth-order valence-electron chi connectivity index (χ4n) is 3.00. The van der Waals surface area contributed by atoms with Gasteiger partial charge in [0.25, 0.3) is 0 Å². The normalized spacial score (nSPS) is 19.0. The highest BCUT2D eigenvalue weighted by Crippen LogP contribution is 2.27.